The van der Waals surface area contributed by atoms with Gasteiger partial charge in [0.25, 0.3) is 0 Å². The van der Waals surface area contributed by atoms with Gasteiger partial charge < -0.3 is 0 Å². The van der Waals surface area contributed by atoms with Crippen LogP contribution >= 0.6 is 22.7 Å². The van der Waals surface area contributed by atoms with Crippen LogP contribution in [0.25, 0.3) is 51.5 Å². The van der Waals surface area contributed by atoms with E-state index in [1.165, 1.54) is 56.9 Å². The molecular weight excluding hydrogens is 363 g/mol. The molecule has 4 aromatic carbocycles. The van der Waals surface area contributed by atoms with Crippen molar-refractivity contribution in [3.8, 4) is 11.1 Å². The van der Waals surface area contributed by atoms with Crippen LogP contribution in [0, 0.1) is 0 Å². The third-order valence-corrected chi connectivity index (χ3v) is 8.03. The summed E-state index contributed by atoms with van der Waals surface area (Å²) in [4.78, 5) is 0. The second-order valence-corrected chi connectivity index (χ2v) is 9.09. The molecule has 0 radical (unpaired) electrons. The molecule has 0 bridgehead atoms. The summed E-state index contributed by atoms with van der Waals surface area (Å²) >= 11 is 3.84. The molecule has 0 aliphatic carbocycles. The minimum absolute atomic E-state index is 1.35. The van der Waals surface area contributed by atoms with Crippen LogP contribution in [0.15, 0.2) is 78.9 Å². The molecule has 27 heavy (non-hydrogen) atoms. The zero-order valence-electron chi connectivity index (χ0n) is 14.8. The molecule has 126 valence electrons. The van der Waals surface area contributed by atoms with Gasteiger partial charge in [0.2, 0.25) is 0 Å². The van der Waals surface area contributed by atoms with Gasteiger partial charge >= 0.3 is 0 Å². The highest BCUT2D eigenvalue weighted by Gasteiger charge is 2.15. The van der Waals surface area contributed by atoms with Gasteiger partial charge in [0.05, 0.1) is 0 Å². The predicted octanol–water partition coefficient (Wildman–Crippen LogP) is 6.35. The zero-order chi connectivity index (χ0) is 18.0. The normalized spacial score (nSPS) is 11.9. The molecule has 0 unspecified atom stereocenters. The van der Waals surface area contributed by atoms with Gasteiger partial charge in [0, 0.05) is 46.1 Å². The molecule has 0 saturated carbocycles. The van der Waals surface area contributed by atoms with E-state index in [-0.39, 0.29) is 0 Å². The zero-order valence-corrected chi connectivity index (χ0v) is 16.5. The lowest BCUT2D eigenvalue weighted by atomic mass is 9.94. The molecule has 0 aliphatic heterocycles. The van der Waals surface area contributed by atoms with Crippen LogP contribution in [0.2, 0.25) is 0 Å². The maximum absolute atomic E-state index is 2.28. The summed E-state index contributed by atoms with van der Waals surface area (Å²) in [6, 6.07) is 28.9. The quantitative estimate of drug-likeness (QED) is 0.293. The molecule has 0 saturated heterocycles. The Balaban J connectivity index is 1.76. The molecular formula is C24H15BS2. The molecule has 2 heterocycles. The molecule has 3 heteroatoms. The van der Waals surface area contributed by atoms with E-state index >= 15 is 0 Å². The van der Waals surface area contributed by atoms with E-state index in [0.717, 1.165) is 0 Å². The second kappa shape index (κ2) is 5.69. The average Bonchev–Trinajstić information content (AvgIpc) is 3.27. The molecule has 2 aromatic heterocycles. The van der Waals surface area contributed by atoms with Gasteiger partial charge in [-0.25, -0.2) is 0 Å². The van der Waals surface area contributed by atoms with Crippen molar-refractivity contribution in [2.24, 2.45) is 0 Å². The van der Waals surface area contributed by atoms with Crippen LogP contribution in [-0.4, -0.2) is 7.85 Å². The number of hydrogen-bond acceptors (Lipinski definition) is 2. The summed E-state index contributed by atoms with van der Waals surface area (Å²) in [6.07, 6.45) is 0. The Morgan fingerprint density at radius 2 is 1.04 bits per heavy atom. The average molecular weight is 378 g/mol. The molecule has 0 fully saturated rings. The highest BCUT2D eigenvalue weighted by Crippen LogP contribution is 2.44. The van der Waals surface area contributed by atoms with Gasteiger partial charge in [-0.2, -0.15) is 0 Å². The molecule has 0 spiro atoms. The standard InChI is InChI=1S/C24H15BS2/c25-20-12-5-11-19-18-10-4-9-17(23(18)27-24(19)20)16-8-3-7-15-14-6-1-2-13-21(14)26-22(15)16/h1-13H,25H2. The van der Waals surface area contributed by atoms with Crippen molar-refractivity contribution in [3.05, 3.63) is 78.9 Å². The Hall–Kier alpha value is -2.62. The van der Waals surface area contributed by atoms with Crippen molar-refractivity contribution in [2.75, 3.05) is 0 Å². The van der Waals surface area contributed by atoms with Gasteiger partial charge in [-0.1, -0.05) is 78.3 Å². The van der Waals surface area contributed by atoms with E-state index in [9.17, 15) is 0 Å². The van der Waals surface area contributed by atoms with Crippen molar-refractivity contribution in [2.45, 2.75) is 0 Å². The smallest absolute Gasteiger partial charge is 0.135 e. The van der Waals surface area contributed by atoms with Crippen molar-refractivity contribution < 1.29 is 0 Å². The molecule has 0 amide bonds. The fourth-order valence-electron chi connectivity index (χ4n) is 4.13. The largest absolute Gasteiger partial charge is 0.141 e. The Kier molecular flexibility index (Phi) is 3.25. The van der Waals surface area contributed by atoms with Crippen molar-refractivity contribution in [3.63, 3.8) is 0 Å². The van der Waals surface area contributed by atoms with Crippen molar-refractivity contribution in [1.29, 1.82) is 0 Å². The fourth-order valence-corrected chi connectivity index (χ4v) is 6.66. The first-order chi connectivity index (χ1) is 13.3. The first-order valence-electron chi connectivity index (χ1n) is 9.13. The highest BCUT2D eigenvalue weighted by molar-refractivity contribution is 7.28. The summed E-state index contributed by atoms with van der Waals surface area (Å²) in [5.74, 6) is 0. The van der Waals surface area contributed by atoms with Crippen LogP contribution in [0.3, 0.4) is 0 Å². The van der Waals surface area contributed by atoms with E-state index in [4.69, 9.17) is 0 Å². The van der Waals surface area contributed by atoms with E-state index in [1.54, 1.807) is 0 Å². The maximum atomic E-state index is 2.28. The van der Waals surface area contributed by atoms with E-state index in [0.29, 0.717) is 0 Å². The first-order valence-corrected chi connectivity index (χ1v) is 10.8. The van der Waals surface area contributed by atoms with Crippen molar-refractivity contribution in [1.82, 2.24) is 0 Å². The second-order valence-electron chi connectivity index (χ2n) is 7.02. The van der Waals surface area contributed by atoms with Gasteiger partial charge in [0.15, 0.2) is 0 Å². The number of benzene rings is 4. The molecule has 0 aliphatic rings. The number of hydrogen-bond donors (Lipinski definition) is 0. The van der Waals surface area contributed by atoms with Crippen LogP contribution in [0.4, 0.5) is 0 Å². The molecule has 6 aromatic rings. The van der Waals surface area contributed by atoms with Gasteiger partial charge in [0.1, 0.15) is 7.85 Å². The van der Waals surface area contributed by atoms with Crippen molar-refractivity contribution >= 4 is 76.3 Å². The third kappa shape index (κ3) is 2.16. The Bertz CT molecular complexity index is 1490. The summed E-state index contributed by atoms with van der Waals surface area (Å²) in [5, 5.41) is 5.47. The Labute approximate surface area is 166 Å². The fraction of sp³-hybridized carbons (Fsp3) is 0. The maximum Gasteiger partial charge on any atom is 0.141 e. The van der Waals surface area contributed by atoms with Crippen LogP contribution in [-0.2, 0) is 0 Å². The molecule has 0 N–H and O–H groups in total. The van der Waals surface area contributed by atoms with Crippen LogP contribution in [0.1, 0.15) is 0 Å². The first kappa shape index (κ1) is 15.4. The van der Waals surface area contributed by atoms with Gasteiger partial charge in [-0.05, 0) is 11.5 Å². The van der Waals surface area contributed by atoms with Gasteiger partial charge in [-0.3, -0.25) is 0 Å². The lowest BCUT2D eigenvalue weighted by Crippen LogP contribution is -1.99. The minimum Gasteiger partial charge on any atom is -0.135 e. The molecule has 0 atom stereocenters. The number of fused-ring (bicyclic) bond motifs is 6. The van der Waals surface area contributed by atoms with E-state index < -0.39 is 0 Å². The predicted molar refractivity (Wildman–Crippen MR) is 126 cm³/mol. The molecule has 6 rings (SSSR count). The number of rotatable bonds is 1. The summed E-state index contributed by atoms with van der Waals surface area (Å²) in [7, 11) is 2.21. The van der Waals surface area contributed by atoms with E-state index in [1.807, 2.05) is 22.7 Å². The summed E-state index contributed by atoms with van der Waals surface area (Å²) in [6.45, 7) is 0. The van der Waals surface area contributed by atoms with Crippen LogP contribution < -0.4 is 5.46 Å². The Morgan fingerprint density at radius 3 is 1.81 bits per heavy atom. The third-order valence-electron chi connectivity index (χ3n) is 5.42. The highest BCUT2D eigenvalue weighted by atomic mass is 32.1. The summed E-state index contributed by atoms with van der Waals surface area (Å²) < 4.78 is 5.55. The molecule has 0 nitrogen and oxygen atoms in total. The van der Waals surface area contributed by atoms with E-state index in [2.05, 4.69) is 86.7 Å². The SMILES string of the molecule is Bc1cccc2c1sc1c(-c3cccc4c3sc3ccccc34)cccc12. The Morgan fingerprint density at radius 1 is 0.481 bits per heavy atom. The lowest BCUT2D eigenvalue weighted by Gasteiger charge is -2.05. The van der Waals surface area contributed by atoms with Gasteiger partial charge in [-0.15, -0.1) is 22.7 Å². The number of thiophene rings is 2. The summed E-state index contributed by atoms with van der Waals surface area (Å²) in [5.41, 5.74) is 4.06. The topological polar surface area (TPSA) is 0 Å². The van der Waals surface area contributed by atoms with Crippen LogP contribution in [0.5, 0.6) is 0 Å². The lowest BCUT2D eigenvalue weighted by molar-refractivity contribution is 1.77. The minimum atomic E-state index is 1.35. The monoisotopic (exact) mass is 378 g/mol.